The molecule has 3 rings (SSSR count). The van der Waals surface area contributed by atoms with Crippen molar-refractivity contribution in [1.82, 2.24) is 4.98 Å². The second kappa shape index (κ2) is 6.44. The van der Waals surface area contributed by atoms with Gasteiger partial charge >= 0.3 is 0 Å². The summed E-state index contributed by atoms with van der Waals surface area (Å²) in [5.41, 5.74) is 1.05. The summed E-state index contributed by atoms with van der Waals surface area (Å²) in [7, 11) is 0. The van der Waals surface area contributed by atoms with Crippen LogP contribution in [0.25, 0.3) is 0 Å². The lowest BCUT2D eigenvalue weighted by molar-refractivity contribution is 0.0992. The van der Waals surface area contributed by atoms with Crippen LogP contribution in [0.1, 0.15) is 21.9 Å². The SMILES string of the molecule is Cc1ccccc1OCc1ccc(C(=O)Nc2nccs2)o1. The minimum absolute atomic E-state index is 0.235. The van der Waals surface area contributed by atoms with Gasteiger partial charge in [-0.05, 0) is 30.7 Å². The number of carbonyl (C=O) groups is 1. The smallest absolute Gasteiger partial charge is 0.293 e. The van der Waals surface area contributed by atoms with E-state index in [1.54, 1.807) is 23.7 Å². The Kier molecular flexibility index (Phi) is 4.20. The number of anilines is 1. The number of para-hydroxylation sites is 1. The molecule has 3 aromatic rings. The molecule has 1 N–H and O–H groups in total. The fourth-order valence-electron chi connectivity index (χ4n) is 1.89. The van der Waals surface area contributed by atoms with Crippen molar-refractivity contribution in [1.29, 1.82) is 0 Å². The van der Waals surface area contributed by atoms with Gasteiger partial charge in [0.15, 0.2) is 10.9 Å². The molecule has 0 bridgehead atoms. The van der Waals surface area contributed by atoms with Gasteiger partial charge in [0.1, 0.15) is 18.1 Å². The van der Waals surface area contributed by atoms with Crippen LogP contribution in [0.4, 0.5) is 5.13 Å². The van der Waals surface area contributed by atoms with Crippen LogP contribution in [-0.4, -0.2) is 10.9 Å². The number of benzene rings is 1. The van der Waals surface area contributed by atoms with Crippen LogP contribution in [0.3, 0.4) is 0 Å². The molecule has 0 radical (unpaired) electrons. The number of thiazole rings is 1. The molecule has 6 heteroatoms. The maximum absolute atomic E-state index is 12.0. The standard InChI is InChI=1S/C16H14N2O3S/c1-11-4-2-3-5-13(11)20-10-12-6-7-14(21-12)15(19)18-16-17-8-9-22-16/h2-9H,10H2,1H3,(H,17,18,19). The van der Waals surface area contributed by atoms with Crippen molar-refractivity contribution in [2.45, 2.75) is 13.5 Å². The number of aryl methyl sites for hydroxylation is 1. The normalized spacial score (nSPS) is 10.4. The average Bonchev–Trinajstić information content (AvgIpc) is 3.18. The summed E-state index contributed by atoms with van der Waals surface area (Å²) in [6, 6.07) is 11.1. The van der Waals surface area contributed by atoms with Gasteiger partial charge in [-0.25, -0.2) is 4.98 Å². The van der Waals surface area contributed by atoms with Crippen molar-refractivity contribution in [3.05, 3.63) is 65.1 Å². The number of hydrogen-bond acceptors (Lipinski definition) is 5. The van der Waals surface area contributed by atoms with Crippen molar-refractivity contribution in [2.75, 3.05) is 5.32 Å². The van der Waals surface area contributed by atoms with Crippen molar-refractivity contribution in [2.24, 2.45) is 0 Å². The maximum Gasteiger partial charge on any atom is 0.293 e. The Hall–Kier alpha value is -2.60. The molecule has 0 aliphatic heterocycles. The number of furan rings is 1. The second-order valence-electron chi connectivity index (χ2n) is 4.61. The first-order valence-corrected chi connectivity index (χ1v) is 7.58. The minimum atomic E-state index is -0.322. The molecule has 0 unspecified atom stereocenters. The zero-order chi connectivity index (χ0) is 15.4. The van der Waals surface area contributed by atoms with E-state index in [-0.39, 0.29) is 18.3 Å². The van der Waals surface area contributed by atoms with Gasteiger partial charge in [-0.3, -0.25) is 10.1 Å². The molecule has 22 heavy (non-hydrogen) atoms. The van der Waals surface area contributed by atoms with Crippen LogP contribution >= 0.6 is 11.3 Å². The first-order chi connectivity index (χ1) is 10.7. The molecule has 112 valence electrons. The summed E-state index contributed by atoms with van der Waals surface area (Å²) in [5.74, 6) is 1.30. The topological polar surface area (TPSA) is 64.4 Å². The molecular formula is C16H14N2O3S. The van der Waals surface area contributed by atoms with Crippen LogP contribution in [0.5, 0.6) is 5.75 Å². The lowest BCUT2D eigenvalue weighted by Crippen LogP contribution is -2.10. The van der Waals surface area contributed by atoms with Crippen LogP contribution in [-0.2, 0) is 6.61 Å². The van der Waals surface area contributed by atoms with E-state index in [0.29, 0.717) is 10.9 Å². The molecule has 1 aromatic carbocycles. The highest BCUT2D eigenvalue weighted by Crippen LogP contribution is 2.19. The molecule has 2 aromatic heterocycles. The van der Waals surface area contributed by atoms with Gasteiger partial charge in [0.2, 0.25) is 0 Å². The Morgan fingerprint density at radius 3 is 2.95 bits per heavy atom. The summed E-state index contributed by atoms with van der Waals surface area (Å²) in [6.07, 6.45) is 1.63. The summed E-state index contributed by atoms with van der Waals surface area (Å²) in [6.45, 7) is 2.25. The van der Waals surface area contributed by atoms with Crippen LogP contribution in [0.2, 0.25) is 0 Å². The second-order valence-corrected chi connectivity index (χ2v) is 5.51. The molecule has 0 fully saturated rings. The molecule has 0 spiro atoms. The summed E-state index contributed by atoms with van der Waals surface area (Å²) in [4.78, 5) is 16.0. The summed E-state index contributed by atoms with van der Waals surface area (Å²) >= 11 is 1.35. The maximum atomic E-state index is 12.0. The Balaban J connectivity index is 1.61. The Labute approximate surface area is 131 Å². The quantitative estimate of drug-likeness (QED) is 0.776. The third-order valence-corrected chi connectivity index (χ3v) is 3.69. The number of nitrogens with one attached hydrogen (secondary N) is 1. The Bertz CT molecular complexity index is 765. The highest BCUT2D eigenvalue weighted by molar-refractivity contribution is 7.13. The van der Waals surface area contributed by atoms with Gasteiger partial charge in [0, 0.05) is 11.6 Å². The number of ether oxygens (including phenoxy) is 1. The number of aromatic nitrogens is 1. The van der Waals surface area contributed by atoms with E-state index in [9.17, 15) is 4.79 Å². The Morgan fingerprint density at radius 1 is 1.32 bits per heavy atom. The van der Waals surface area contributed by atoms with Crippen molar-refractivity contribution >= 4 is 22.4 Å². The highest BCUT2D eigenvalue weighted by atomic mass is 32.1. The third kappa shape index (κ3) is 3.35. The van der Waals surface area contributed by atoms with Crippen molar-refractivity contribution in [3.8, 4) is 5.75 Å². The average molecular weight is 314 g/mol. The fourth-order valence-corrected chi connectivity index (χ4v) is 2.41. The molecule has 5 nitrogen and oxygen atoms in total. The summed E-state index contributed by atoms with van der Waals surface area (Å²) < 4.78 is 11.2. The van der Waals surface area contributed by atoms with Crippen molar-refractivity contribution < 1.29 is 13.9 Å². The van der Waals surface area contributed by atoms with E-state index in [2.05, 4.69) is 10.3 Å². The first kappa shape index (κ1) is 14.3. The summed E-state index contributed by atoms with van der Waals surface area (Å²) in [5, 5.41) is 5.00. The fraction of sp³-hybridized carbons (Fsp3) is 0.125. The molecule has 1 amide bonds. The van der Waals surface area contributed by atoms with E-state index >= 15 is 0 Å². The van der Waals surface area contributed by atoms with E-state index in [4.69, 9.17) is 9.15 Å². The number of nitrogens with zero attached hydrogens (tertiary/aromatic N) is 1. The van der Waals surface area contributed by atoms with Crippen molar-refractivity contribution in [3.63, 3.8) is 0 Å². The number of carbonyl (C=O) groups excluding carboxylic acids is 1. The van der Waals surface area contributed by atoms with Gasteiger partial charge in [-0.2, -0.15) is 0 Å². The molecule has 0 aliphatic rings. The highest BCUT2D eigenvalue weighted by Gasteiger charge is 2.13. The van der Waals surface area contributed by atoms with Crippen LogP contribution < -0.4 is 10.1 Å². The zero-order valence-electron chi connectivity index (χ0n) is 11.9. The van der Waals surface area contributed by atoms with E-state index in [1.807, 2.05) is 31.2 Å². The van der Waals surface area contributed by atoms with Gasteiger partial charge in [0.05, 0.1) is 0 Å². The van der Waals surface area contributed by atoms with E-state index in [1.165, 1.54) is 11.3 Å². The zero-order valence-corrected chi connectivity index (χ0v) is 12.7. The minimum Gasteiger partial charge on any atom is -0.485 e. The number of rotatable bonds is 5. The van der Waals surface area contributed by atoms with Crippen LogP contribution in [0.15, 0.2) is 52.4 Å². The lowest BCUT2D eigenvalue weighted by Gasteiger charge is -2.06. The van der Waals surface area contributed by atoms with Crippen LogP contribution in [0, 0.1) is 6.92 Å². The molecule has 2 heterocycles. The predicted molar refractivity (Wildman–Crippen MR) is 84.3 cm³/mol. The number of amides is 1. The first-order valence-electron chi connectivity index (χ1n) is 6.70. The molecule has 0 saturated carbocycles. The predicted octanol–water partition coefficient (Wildman–Crippen LogP) is 3.88. The molecule has 0 saturated heterocycles. The van der Waals surface area contributed by atoms with Gasteiger partial charge in [-0.1, -0.05) is 18.2 Å². The van der Waals surface area contributed by atoms with Gasteiger partial charge in [-0.15, -0.1) is 11.3 Å². The Morgan fingerprint density at radius 2 is 2.18 bits per heavy atom. The van der Waals surface area contributed by atoms with E-state index in [0.717, 1.165) is 11.3 Å². The largest absolute Gasteiger partial charge is 0.485 e. The third-order valence-electron chi connectivity index (χ3n) is 3.00. The van der Waals surface area contributed by atoms with E-state index < -0.39 is 0 Å². The number of hydrogen-bond donors (Lipinski definition) is 1. The lowest BCUT2D eigenvalue weighted by atomic mass is 10.2. The van der Waals surface area contributed by atoms with Gasteiger partial charge in [0.25, 0.3) is 5.91 Å². The molecule has 0 atom stereocenters. The molecule has 0 aliphatic carbocycles. The molecular weight excluding hydrogens is 300 g/mol. The monoisotopic (exact) mass is 314 g/mol. The van der Waals surface area contributed by atoms with Gasteiger partial charge < -0.3 is 9.15 Å².